The fraction of sp³-hybridized carbons (Fsp3) is 0.765. The van der Waals surface area contributed by atoms with Gasteiger partial charge in [-0.1, -0.05) is 20.8 Å². The van der Waals surface area contributed by atoms with Crippen molar-refractivity contribution in [3.63, 3.8) is 0 Å². The lowest BCUT2D eigenvalue weighted by Crippen LogP contribution is -2.44. The van der Waals surface area contributed by atoms with E-state index in [1.807, 2.05) is 6.92 Å². The Kier molecular flexibility index (Phi) is 6.32. The van der Waals surface area contributed by atoms with Crippen molar-refractivity contribution in [3.05, 3.63) is 12.2 Å². The summed E-state index contributed by atoms with van der Waals surface area (Å²) in [6, 6.07) is 0. The topological polar surface area (TPSA) is 83.8 Å². The number of allylic oxidation sites excluding steroid dienone is 1. The molecule has 1 heterocycles. The Morgan fingerprint density at radius 1 is 1.32 bits per heavy atom. The van der Waals surface area contributed by atoms with Gasteiger partial charge in [0.2, 0.25) is 0 Å². The molecule has 6 atom stereocenters. The Morgan fingerprint density at radius 3 is 2.45 bits per heavy atom. The summed E-state index contributed by atoms with van der Waals surface area (Å²) in [4.78, 5) is 24.3. The van der Waals surface area contributed by atoms with Crippen molar-refractivity contribution >= 4 is 11.8 Å². The first-order chi connectivity index (χ1) is 10.1. The highest BCUT2D eigenvalue weighted by Crippen LogP contribution is 2.26. The number of aliphatic hydroxyl groups is 2. The van der Waals surface area contributed by atoms with Crippen LogP contribution in [-0.4, -0.2) is 39.8 Å². The highest BCUT2D eigenvalue weighted by Gasteiger charge is 2.36. The number of esters is 1. The molecule has 0 aromatic heterocycles. The minimum Gasteiger partial charge on any atom is -0.459 e. The Balaban J connectivity index is 3.16. The maximum absolute atomic E-state index is 12.2. The Morgan fingerprint density at radius 2 is 1.91 bits per heavy atom. The second-order valence-electron chi connectivity index (χ2n) is 6.69. The molecular formula is C17H28O5. The molecule has 2 N–H and O–H groups in total. The molecule has 1 aliphatic heterocycles. The first-order valence-electron chi connectivity index (χ1n) is 7.94. The van der Waals surface area contributed by atoms with Gasteiger partial charge in [-0.15, -0.1) is 0 Å². The van der Waals surface area contributed by atoms with Gasteiger partial charge in [-0.3, -0.25) is 9.59 Å². The second kappa shape index (κ2) is 7.38. The molecule has 0 radical (unpaired) electrons. The number of aliphatic hydroxyl groups excluding tert-OH is 1. The second-order valence-corrected chi connectivity index (χ2v) is 6.69. The molecule has 0 fully saturated rings. The van der Waals surface area contributed by atoms with Crippen molar-refractivity contribution in [3.8, 4) is 0 Å². The molecule has 22 heavy (non-hydrogen) atoms. The van der Waals surface area contributed by atoms with E-state index >= 15 is 0 Å². The van der Waals surface area contributed by atoms with E-state index in [1.165, 1.54) is 19.1 Å². The summed E-state index contributed by atoms with van der Waals surface area (Å²) in [6.07, 6.45) is 2.00. The van der Waals surface area contributed by atoms with Crippen LogP contribution in [0.15, 0.2) is 12.2 Å². The predicted molar refractivity (Wildman–Crippen MR) is 83.1 cm³/mol. The van der Waals surface area contributed by atoms with E-state index < -0.39 is 29.7 Å². The van der Waals surface area contributed by atoms with Gasteiger partial charge in [0.15, 0.2) is 5.78 Å². The van der Waals surface area contributed by atoms with Crippen LogP contribution in [0, 0.1) is 17.8 Å². The van der Waals surface area contributed by atoms with Crippen molar-refractivity contribution in [1.29, 1.82) is 0 Å². The van der Waals surface area contributed by atoms with Gasteiger partial charge < -0.3 is 14.9 Å². The molecule has 126 valence electrons. The number of cyclic esters (lactones) is 1. The van der Waals surface area contributed by atoms with E-state index in [-0.39, 0.29) is 17.6 Å². The molecule has 1 rings (SSSR count). The lowest BCUT2D eigenvalue weighted by Gasteiger charge is -2.32. The summed E-state index contributed by atoms with van der Waals surface area (Å²) in [7, 11) is 0. The molecule has 0 aromatic rings. The highest BCUT2D eigenvalue weighted by atomic mass is 16.6. The molecule has 0 spiro atoms. The van der Waals surface area contributed by atoms with E-state index in [0.29, 0.717) is 12.8 Å². The van der Waals surface area contributed by atoms with Crippen LogP contribution in [0.1, 0.15) is 47.5 Å². The van der Waals surface area contributed by atoms with Gasteiger partial charge in [0.25, 0.3) is 0 Å². The maximum atomic E-state index is 12.2. The number of ketones is 1. The molecule has 0 aliphatic carbocycles. The molecule has 5 nitrogen and oxygen atoms in total. The van der Waals surface area contributed by atoms with Gasteiger partial charge in [-0.05, 0) is 44.8 Å². The third kappa shape index (κ3) is 4.40. The molecule has 0 aromatic carbocycles. The molecule has 0 bridgehead atoms. The number of rotatable bonds is 1. The molecule has 0 saturated heterocycles. The zero-order valence-corrected chi connectivity index (χ0v) is 14.1. The number of carbonyl (C=O) groups is 2. The highest BCUT2D eigenvalue weighted by molar-refractivity contribution is 5.91. The first kappa shape index (κ1) is 18.8. The Labute approximate surface area is 132 Å². The largest absolute Gasteiger partial charge is 0.459 e. The number of carbonyl (C=O) groups excluding carboxylic acids is 2. The molecule has 1 aliphatic rings. The molecule has 5 heteroatoms. The van der Waals surface area contributed by atoms with Crippen molar-refractivity contribution in [2.75, 3.05) is 0 Å². The Hall–Kier alpha value is -1.20. The number of ether oxygens (including phenoxy) is 1. The van der Waals surface area contributed by atoms with Crippen LogP contribution < -0.4 is 0 Å². The van der Waals surface area contributed by atoms with Crippen LogP contribution in [0.3, 0.4) is 0 Å². The van der Waals surface area contributed by atoms with Crippen LogP contribution in [0.25, 0.3) is 0 Å². The van der Waals surface area contributed by atoms with Gasteiger partial charge in [0, 0.05) is 5.92 Å². The fourth-order valence-corrected chi connectivity index (χ4v) is 2.83. The number of hydrogen-bond acceptors (Lipinski definition) is 5. The van der Waals surface area contributed by atoms with Crippen molar-refractivity contribution in [2.24, 2.45) is 17.8 Å². The average molecular weight is 312 g/mol. The molecular weight excluding hydrogens is 284 g/mol. The van der Waals surface area contributed by atoms with Gasteiger partial charge in [-0.2, -0.15) is 0 Å². The summed E-state index contributed by atoms with van der Waals surface area (Å²) in [6.45, 7) is 8.52. The molecule has 0 saturated carbocycles. The smallest absolute Gasteiger partial charge is 0.311 e. The maximum Gasteiger partial charge on any atom is 0.311 e. The number of hydrogen-bond donors (Lipinski definition) is 2. The first-order valence-corrected chi connectivity index (χ1v) is 7.94. The molecule has 0 amide bonds. The fourth-order valence-electron chi connectivity index (χ4n) is 2.83. The van der Waals surface area contributed by atoms with Crippen LogP contribution in [0.5, 0.6) is 0 Å². The monoisotopic (exact) mass is 312 g/mol. The summed E-state index contributed by atoms with van der Waals surface area (Å²) in [5, 5.41) is 20.8. The van der Waals surface area contributed by atoms with Gasteiger partial charge in [-0.25, -0.2) is 0 Å². The van der Waals surface area contributed by atoms with Crippen LogP contribution in [0.2, 0.25) is 0 Å². The normalized spacial score (nSPS) is 43.0. The van der Waals surface area contributed by atoms with E-state index in [2.05, 4.69) is 0 Å². The summed E-state index contributed by atoms with van der Waals surface area (Å²) in [5.41, 5.74) is -1.42. The van der Waals surface area contributed by atoms with Crippen LogP contribution in [0.4, 0.5) is 0 Å². The van der Waals surface area contributed by atoms with E-state index in [1.54, 1.807) is 20.8 Å². The average Bonchev–Trinajstić information content (AvgIpc) is 2.47. The summed E-state index contributed by atoms with van der Waals surface area (Å²) >= 11 is 0. The summed E-state index contributed by atoms with van der Waals surface area (Å²) < 4.78 is 5.37. The van der Waals surface area contributed by atoms with Crippen molar-refractivity contribution in [2.45, 2.75) is 65.3 Å². The third-order valence-electron chi connectivity index (χ3n) is 4.54. The van der Waals surface area contributed by atoms with Crippen molar-refractivity contribution < 1.29 is 24.5 Å². The van der Waals surface area contributed by atoms with E-state index in [4.69, 9.17) is 4.74 Å². The zero-order chi connectivity index (χ0) is 17.1. The Bertz CT molecular complexity index is 440. The van der Waals surface area contributed by atoms with E-state index in [9.17, 15) is 19.8 Å². The SMILES string of the molecule is CCC1OC(=O)C(C)C(O)C(C)CC(C)C(=O)/C=C/C1(C)O. The van der Waals surface area contributed by atoms with Gasteiger partial charge >= 0.3 is 5.97 Å². The third-order valence-corrected chi connectivity index (χ3v) is 4.54. The minimum atomic E-state index is -1.42. The van der Waals surface area contributed by atoms with E-state index in [0.717, 1.165) is 0 Å². The minimum absolute atomic E-state index is 0.103. The van der Waals surface area contributed by atoms with Gasteiger partial charge in [0.05, 0.1) is 12.0 Å². The predicted octanol–water partition coefficient (Wildman–Crippen LogP) is 1.86. The zero-order valence-electron chi connectivity index (χ0n) is 14.1. The summed E-state index contributed by atoms with van der Waals surface area (Å²) in [5.74, 6) is -1.81. The van der Waals surface area contributed by atoms with Crippen molar-refractivity contribution in [1.82, 2.24) is 0 Å². The van der Waals surface area contributed by atoms with Crippen LogP contribution >= 0.6 is 0 Å². The molecule has 6 unspecified atom stereocenters. The lowest BCUT2D eigenvalue weighted by molar-refractivity contribution is -0.169. The van der Waals surface area contributed by atoms with Gasteiger partial charge in [0.1, 0.15) is 11.7 Å². The lowest BCUT2D eigenvalue weighted by atomic mass is 9.84. The quantitative estimate of drug-likeness (QED) is 0.722. The van der Waals surface area contributed by atoms with Crippen LogP contribution in [-0.2, 0) is 14.3 Å². The standard InChI is InChI=1S/C17H28O5/c1-6-14-17(5,21)8-7-13(18)10(2)9-11(3)15(19)12(4)16(20)22-14/h7-8,10-12,14-15,19,21H,6,9H2,1-5H3/b8-7+.